The van der Waals surface area contributed by atoms with Crippen LogP contribution in [0.1, 0.15) is 5.56 Å². The lowest BCUT2D eigenvalue weighted by Crippen LogP contribution is -2.21. The molecule has 0 radical (unpaired) electrons. The first-order chi connectivity index (χ1) is 15.2. The zero-order chi connectivity index (χ0) is 21.4. The maximum Gasteiger partial charge on any atom is 0.267 e. The highest BCUT2D eigenvalue weighted by molar-refractivity contribution is 7.98. The quantitative estimate of drug-likeness (QED) is 0.354. The Hall–Kier alpha value is -3.29. The standard InChI is InChI=1S/C23H17ClN4O2S/c1-30-18-6-4-5-17(13-18)27-21(29)19-7-2-3-8-20(19)28-22(27)25-26-23(28)31-14-15-9-11-16(24)12-10-15/h2-13H,14H2,1H3. The second kappa shape index (κ2) is 8.09. The van der Waals surface area contributed by atoms with Gasteiger partial charge in [-0.05, 0) is 42.0 Å². The molecule has 31 heavy (non-hydrogen) atoms. The lowest BCUT2D eigenvalue weighted by Gasteiger charge is -2.12. The van der Waals surface area contributed by atoms with Gasteiger partial charge in [-0.2, -0.15) is 0 Å². The summed E-state index contributed by atoms with van der Waals surface area (Å²) >= 11 is 7.55. The average Bonchev–Trinajstić information content (AvgIpc) is 3.23. The van der Waals surface area contributed by atoms with Crippen molar-refractivity contribution in [2.75, 3.05) is 7.11 Å². The number of methoxy groups -OCH3 is 1. The van der Waals surface area contributed by atoms with Crippen molar-refractivity contribution in [2.24, 2.45) is 0 Å². The Kier molecular flexibility index (Phi) is 5.13. The summed E-state index contributed by atoms with van der Waals surface area (Å²) in [6, 6.07) is 22.6. The van der Waals surface area contributed by atoms with Gasteiger partial charge in [0.25, 0.3) is 5.56 Å². The van der Waals surface area contributed by atoms with E-state index in [1.165, 1.54) is 0 Å². The number of halogens is 1. The summed E-state index contributed by atoms with van der Waals surface area (Å²) in [4.78, 5) is 13.4. The van der Waals surface area contributed by atoms with Gasteiger partial charge >= 0.3 is 0 Å². The maximum absolute atomic E-state index is 13.4. The third-order valence-corrected chi connectivity index (χ3v) is 6.24. The van der Waals surface area contributed by atoms with Crippen LogP contribution in [0.4, 0.5) is 0 Å². The molecule has 0 aliphatic rings. The molecule has 0 saturated heterocycles. The van der Waals surface area contributed by atoms with E-state index in [-0.39, 0.29) is 5.56 Å². The van der Waals surface area contributed by atoms with Crippen molar-refractivity contribution in [1.29, 1.82) is 0 Å². The third kappa shape index (κ3) is 3.56. The number of ether oxygens (including phenoxy) is 1. The third-order valence-electron chi connectivity index (χ3n) is 4.99. The summed E-state index contributed by atoms with van der Waals surface area (Å²) in [6.07, 6.45) is 0. The number of rotatable bonds is 5. The molecule has 0 unspecified atom stereocenters. The zero-order valence-corrected chi connectivity index (χ0v) is 18.1. The minimum Gasteiger partial charge on any atom is -0.497 e. The average molecular weight is 449 g/mol. The van der Waals surface area contributed by atoms with E-state index in [1.54, 1.807) is 23.4 Å². The van der Waals surface area contributed by atoms with Crippen molar-refractivity contribution < 1.29 is 4.74 Å². The molecule has 8 heteroatoms. The minimum absolute atomic E-state index is 0.155. The maximum atomic E-state index is 13.4. The molecule has 5 aromatic rings. The largest absolute Gasteiger partial charge is 0.497 e. The molecule has 0 aliphatic heterocycles. The van der Waals surface area contributed by atoms with E-state index in [9.17, 15) is 4.79 Å². The predicted octanol–water partition coefficient (Wildman–Crippen LogP) is 4.99. The van der Waals surface area contributed by atoms with Crippen LogP contribution in [0, 0.1) is 0 Å². The van der Waals surface area contributed by atoms with Crippen LogP contribution in [-0.2, 0) is 5.75 Å². The molecule has 0 amide bonds. The topological polar surface area (TPSA) is 61.4 Å². The Balaban J connectivity index is 1.70. The monoisotopic (exact) mass is 448 g/mol. The highest BCUT2D eigenvalue weighted by Crippen LogP contribution is 2.26. The van der Waals surface area contributed by atoms with E-state index >= 15 is 0 Å². The Bertz CT molecular complexity index is 1460. The molecule has 0 spiro atoms. The van der Waals surface area contributed by atoms with Crippen LogP contribution in [0.5, 0.6) is 5.75 Å². The SMILES string of the molecule is COc1cccc(-n2c(=O)c3ccccc3n3c(SCc4ccc(Cl)cc4)nnc23)c1. The molecule has 6 nitrogen and oxygen atoms in total. The van der Waals surface area contributed by atoms with Gasteiger partial charge in [-0.25, -0.2) is 4.57 Å². The van der Waals surface area contributed by atoms with Crippen molar-refractivity contribution in [1.82, 2.24) is 19.2 Å². The van der Waals surface area contributed by atoms with Gasteiger partial charge in [0, 0.05) is 16.8 Å². The number of aromatic nitrogens is 4. The summed E-state index contributed by atoms with van der Waals surface area (Å²) in [7, 11) is 1.60. The fourth-order valence-electron chi connectivity index (χ4n) is 3.48. The molecule has 5 rings (SSSR count). The van der Waals surface area contributed by atoms with E-state index in [2.05, 4.69) is 10.2 Å². The van der Waals surface area contributed by atoms with Gasteiger partial charge < -0.3 is 4.74 Å². The van der Waals surface area contributed by atoms with Crippen LogP contribution in [0.25, 0.3) is 22.4 Å². The number of thioether (sulfide) groups is 1. The van der Waals surface area contributed by atoms with Gasteiger partial charge in [-0.1, -0.05) is 53.7 Å². The van der Waals surface area contributed by atoms with Crippen LogP contribution >= 0.6 is 23.4 Å². The number of hydrogen-bond acceptors (Lipinski definition) is 5. The number of hydrogen-bond donors (Lipinski definition) is 0. The molecule has 0 atom stereocenters. The van der Waals surface area contributed by atoms with Crippen molar-refractivity contribution in [3.05, 3.63) is 93.7 Å². The minimum atomic E-state index is -0.155. The zero-order valence-electron chi connectivity index (χ0n) is 16.5. The summed E-state index contributed by atoms with van der Waals surface area (Å²) in [5, 5.41) is 10.8. The lowest BCUT2D eigenvalue weighted by molar-refractivity contribution is 0.414. The van der Waals surface area contributed by atoms with E-state index in [0.29, 0.717) is 38.5 Å². The fourth-order valence-corrected chi connectivity index (χ4v) is 4.50. The molecule has 0 N–H and O–H groups in total. The molecule has 0 fully saturated rings. The number of fused-ring (bicyclic) bond motifs is 3. The number of para-hydroxylation sites is 1. The van der Waals surface area contributed by atoms with Crippen LogP contribution in [0.3, 0.4) is 0 Å². The molecule has 0 bridgehead atoms. The second-order valence-electron chi connectivity index (χ2n) is 6.89. The summed E-state index contributed by atoms with van der Waals surface area (Å²) in [6.45, 7) is 0. The first-order valence-corrected chi connectivity index (χ1v) is 10.9. The van der Waals surface area contributed by atoms with E-state index in [1.807, 2.05) is 77.2 Å². The number of benzene rings is 3. The summed E-state index contributed by atoms with van der Waals surface area (Å²) in [5.41, 5.74) is 2.40. The molecule has 0 aliphatic carbocycles. The van der Waals surface area contributed by atoms with E-state index in [4.69, 9.17) is 16.3 Å². The van der Waals surface area contributed by atoms with Gasteiger partial charge in [0.05, 0.1) is 23.7 Å². The Labute approximate surface area is 187 Å². The van der Waals surface area contributed by atoms with Gasteiger partial charge in [-0.3, -0.25) is 9.20 Å². The molecule has 154 valence electrons. The Morgan fingerprint density at radius 1 is 1.00 bits per heavy atom. The molecule has 3 aromatic carbocycles. The summed E-state index contributed by atoms with van der Waals surface area (Å²) < 4.78 is 8.85. The molecular formula is C23H17ClN4O2S. The second-order valence-corrected chi connectivity index (χ2v) is 8.27. The molecule has 0 saturated carbocycles. The first kappa shape index (κ1) is 19.7. The highest BCUT2D eigenvalue weighted by Gasteiger charge is 2.18. The molecule has 2 aromatic heterocycles. The Morgan fingerprint density at radius 2 is 1.81 bits per heavy atom. The van der Waals surface area contributed by atoms with Crippen molar-refractivity contribution >= 4 is 40.0 Å². The van der Waals surface area contributed by atoms with Gasteiger partial charge in [0.2, 0.25) is 5.78 Å². The van der Waals surface area contributed by atoms with E-state index < -0.39 is 0 Å². The predicted molar refractivity (Wildman–Crippen MR) is 124 cm³/mol. The number of nitrogens with zero attached hydrogens (tertiary/aromatic N) is 4. The van der Waals surface area contributed by atoms with Crippen molar-refractivity contribution in [3.63, 3.8) is 0 Å². The normalized spacial score (nSPS) is 11.3. The van der Waals surface area contributed by atoms with Gasteiger partial charge in [0.15, 0.2) is 5.16 Å². The lowest BCUT2D eigenvalue weighted by atomic mass is 10.2. The first-order valence-electron chi connectivity index (χ1n) is 9.56. The molecular weight excluding hydrogens is 432 g/mol. The van der Waals surface area contributed by atoms with Crippen LogP contribution < -0.4 is 10.3 Å². The van der Waals surface area contributed by atoms with Gasteiger partial charge in [-0.15, -0.1) is 10.2 Å². The van der Waals surface area contributed by atoms with Crippen LogP contribution in [0.2, 0.25) is 5.02 Å². The fraction of sp³-hybridized carbons (Fsp3) is 0.0870. The van der Waals surface area contributed by atoms with Crippen molar-refractivity contribution in [2.45, 2.75) is 10.9 Å². The van der Waals surface area contributed by atoms with Crippen LogP contribution in [0.15, 0.2) is 82.7 Å². The highest BCUT2D eigenvalue weighted by atomic mass is 35.5. The Morgan fingerprint density at radius 3 is 2.61 bits per heavy atom. The molecule has 2 heterocycles. The van der Waals surface area contributed by atoms with Crippen molar-refractivity contribution in [3.8, 4) is 11.4 Å². The van der Waals surface area contributed by atoms with Crippen LogP contribution in [-0.4, -0.2) is 26.3 Å². The summed E-state index contributed by atoms with van der Waals surface area (Å²) in [5.74, 6) is 1.81. The smallest absolute Gasteiger partial charge is 0.267 e. The van der Waals surface area contributed by atoms with Gasteiger partial charge in [0.1, 0.15) is 5.75 Å². The van der Waals surface area contributed by atoms with E-state index in [0.717, 1.165) is 11.1 Å².